The Morgan fingerprint density at radius 1 is 1.16 bits per heavy atom. The Labute approximate surface area is 109 Å². The third kappa shape index (κ3) is 1.95. The number of fused-ring (bicyclic) bond motifs is 1. The number of benzene rings is 2. The zero-order valence-corrected chi connectivity index (χ0v) is 10.1. The van der Waals surface area contributed by atoms with Crippen LogP contribution in [0.5, 0.6) is 0 Å². The van der Waals surface area contributed by atoms with Crippen molar-refractivity contribution in [3.8, 4) is 0 Å². The van der Waals surface area contributed by atoms with Crippen molar-refractivity contribution < 1.29 is 14.3 Å². The molecule has 1 aliphatic heterocycles. The number of halogens is 1. The Morgan fingerprint density at radius 3 is 2.74 bits per heavy atom. The Balaban J connectivity index is 2.11. The lowest BCUT2D eigenvalue weighted by molar-refractivity contribution is 0.0697. The summed E-state index contributed by atoms with van der Waals surface area (Å²) < 4.78 is 13.4. The summed E-state index contributed by atoms with van der Waals surface area (Å²) in [4.78, 5) is 13.1. The molecule has 1 aliphatic rings. The predicted molar refractivity (Wildman–Crippen MR) is 70.5 cm³/mol. The van der Waals surface area contributed by atoms with E-state index in [4.69, 9.17) is 0 Å². The fourth-order valence-corrected chi connectivity index (χ4v) is 2.49. The molecule has 0 saturated heterocycles. The minimum atomic E-state index is -0.972. The first kappa shape index (κ1) is 11.7. The van der Waals surface area contributed by atoms with Gasteiger partial charge in [-0.3, -0.25) is 0 Å². The van der Waals surface area contributed by atoms with E-state index < -0.39 is 5.97 Å². The lowest BCUT2D eigenvalue weighted by atomic mass is 10.1. The van der Waals surface area contributed by atoms with Gasteiger partial charge in [-0.1, -0.05) is 18.2 Å². The summed E-state index contributed by atoms with van der Waals surface area (Å²) in [6.45, 7) is 0.670. The van der Waals surface area contributed by atoms with E-state index in [2.05, 4.69) is 0 Å². The molecular weight excluding hydrogens is 245 g/mol. The number of carboxylic acids is 1. The highest BCUT2D eigenvalue weighted by atomic mass is 19.1. The number of nitrogens with zero attached hydrogens (tertiary/aromatic N) is 1. The summed E-state index contributed by atoms with van der Waals surface area (Å²) in [6.07, 6.45) is 0.795. The molecule has 0 saturated carbocycles. The second-order valence-electron chi connectivity index (χ2n) is 4.50. The first-order valence-corrected chi connectivity index (χ1v) is 6.05. The molecule has 0 radical (unpaired) electrons. The highest BCUT2D eigenvalue weighted by molar-refractivity contribution is 5.96. The molecule has 1 N–H and O–H groups in total. The van der Waals surface area contributed by atoms with Crippen molar-refractivity contribution in [3.05, 3.63) is 59.4 Å². The molecule has 1 heterocycles. The maximum absolute atomic E-state index is 13.4. The van der Waals surface area contributed by atoms with Gasteiger partial charge in [-0.15, -0.1) is 0 Å². The first-order valence-electron chi connectivity index (χ1n) is 6.05. The smallest absolute Gasteiger partial charge is 0.337 e. The number of para-hydroxylation sites is 1. The molecule has 0 spiro atoms. The van der Waals surface area contributed by atoms with Crippen LogP contribution in [0.3, 0.4) is 0 Å². The summed E-state index contributed by atoms with van der Waals surface area (Å²) in [5, 5.41) is 9.23. The first-order chi connectivity index (χ1) is 9.16. The molecule has 0 aliphatic carbocycles. The maximum Gasteiger partial charge on any atom is 0.337 e. The molecule has 19 heavy (non-hydrogen) atoms. The van der Waals surface area contributed by atoms with Crippen LogP contribution < -0.4 is 4.90 Å². The Kier molecular flexibility index (Phi) is 2.71. The van der Waals surface area contributed by atoms with Crippen molar-refractivity contribution in [1.29, 1.82) is 0 Å². The van der Waals surface area contributed by atoms with Gasteiger partial charge >= 0.3 is 5.97 Å². The van der Waals surface area contributed by atoms with Crippen LogP contribution in [0.25, 0.3) is 0 Å². The lowest BCUT2D eigenvalue weighted by Gasteiger charge is -2.21. The molecule has 3 rings (SSSR count). The molecule has 0 amide bonds. The number of anilines is 2. The second kappa shape index (κ2) is 4.39. The van der Waals surface area contributed by atoms with Gasteiger partial charge in [0.05, 0.1) is 11.3 Å². The molecule has 96 valence electrons. The topological polar surface area (TPSA) is 40.5 Å². The van der Waals surface area contributed by atoms with Gasteiger partial charge in [0.1, 0.15) is 5.82 Å². The highest BCUT2D eigenvalue weighted by Gasteiger charge is 2.24. The monoisotopic (exact) mass is 257 g/mol. The largest absolute Gasteiger partial charge is 0.478 e. The Hall–Kier alpha value is -2.36. The molecule has 4 heteroatoms. The average molecular weight is 257 g/mol. The zero-order valence-electron chi connectivity index (χ0n) is 10.1. The normalized spacial score (nSPS) is 13.4. The molecule has 0 bridgehead atoms. The average Bonchev–Trinajstić information content (AvgIpc) is 2.81. The van der Waals surface area contributed by atoms with Crippen molar-refractivity contribution in [2.75, 3.05) is 11.4 Å². The van der Waals surface area contributed by atoms with Gasteiger partial charge in [-0.25, -0.2) is 9.18 Å². The van der Waals surface area contributed by atoms with E-state index in [1.807, 2.05) is 4.90 Å². The third-order valence-electron chi connectivity index (χ3n) is 3.37. The third-order valence-corrected chi connectivity index (χ3v) is 3.37. The molecule has 2 aromatic carbocycles. The van der Waals surface area contributed by atoms with E-state index in [0.29, 0.717) is 12.2 Å². The van der Waals surface area contributed by atoms with Gasteiger partial charge in [0.15, 0.2) is 0 Å². The van der Waals surface area contributed by atoms with Gasteiger partial charge < -0.3 is 10.0 Å². The summed E-state index contributed by atoms with van der Waals surface area (Å²) in [6, 6.07) is 11.5. The quantitative estimate of drug-likeness (QED) is 0.898. The van der Waals surface area contributed by atoms with E-state index in [1.54, 1.807) is 30.3 Å². The summed E-state index contributed by atoms with van der Waals surface area (Å²) in [5.41, 5.74) is 2.65. The molecule has 2 aromatic rings. The summed E-state index contributed by atoms with van der Waals surface area (Å²) in [5.74, 6) is -1.28. The zero-order chi connectivity index (χ0) is 13.4. The number of rotatable bonds is 2. The van der Waals surface area contributed by atoms with E-state index in [9.17, 15) is 14.3 Å². The minimum Gasteiger partial charge on any atom is -0.478 e. The highest BCUT2D eigenvalue weighted by Crippen LogP contribution is 2.36. The van der Waals surface area contributed by atoms with Gasteiger partial charge in [0.25, 0.3) is 0 Å². The summed E-state index contributed by atoms with van der Waals surface area (Å²) >= 11 is 0. The van der Waals surface area contributed by atoms with Crippen molar-refractivity contribution in [3.63, 3.8) is 0 Å². The molecular formula is C15H12FNO2. The van der Waals surface area contributed by atoms with E-state index >= 15 is 0 Å². The molecule has 0 unspecified atom stereocenters. The van der Waals surface area contributed by atoms with Gasteiger partial charge in [0.2, 0.25) is 0 Å². The molecule has 0 aromatic heterocycles. The maximum atomic E-state index is 13.4. The van der Waals surface area contributed by atoms with Gasteiger partial charge in [-0.2, -0.15) is 0 Å². The van der Waals surface area contributed by atoms with Crippen molar-refractivity contribution in [2.24, 2.45) is 0 Å². The Bertz CT molecular complexity index is 654. The van der Waals surface area contributed by atoms with Crippen molar-refractivity contribution >= 4 is 17.3 Å². The van der Waals surface area contributed by atoms with Crippen LogP contribution in [0.15, 0.2) is 42.5 Å². The van der Waals surface area contributed by atoms with Crippen molar-refractivity contribution in [1.82, 2.24) is 0 Å². The molecule has 0 atom stereocenters. The van der Waals surface area contributed by atoms with Crippen LogP contribution in [0, 0.1) is 5.82 Å². The van der Waals surface area contributed by atoms with Crippen LogP contribution in [0.4, 0.5) is 15.8 Å². The standard InChI is InChI=1S/C15H12FNO2/c16-11-6-5-10-7-8-17(14(10)9-11)13-4-2-1-3-12(13)15(18)19/h1-6,9H,7-8H2,(H,18,19). The van der Waals surface area contributed by atoms with Crippen LogP contribution in [0.1, 0.15) is 15.9 Å². The number of carboxylic acid groups (broad SMARTS) is 1. The Morgan fingerprint density at radius 2 is 1.95 bits per heavy atom. The fraction of sp³-hybridized carbons (Fsp3) is 0.133. The summed E-state index contributed by atoms with van der Waals surface area (Å²) in [7, 11) is 0. The number of carbonyl (C=O) groups is 1. The van der Waals surface area contributed by atoms with Gasteiger partial charge in [0, 0.05) is 12.2 Å². The van der Waals surface area contributed by atoms with Crippen LogP contribution in [0.2, 0.25) is 0 Å². The fourth-order valence-electron chi connectivity index (χ4n) is 2.49. The molecule has 3 nitrogen and oxygen atoms in total. The number of aromatic carboxylic acids is 1. The predicted octanol–water partition coefficient (Wildman–Crippen LogP) is 3.22. The number of hydrogen-bond donors (Lipinski definition) is 1. The SMILES string of the molecule is O=C(O)c1ccccc1N1CCc2ccc(F)cc21. The lowest BCUT2D eigenvalue weighted by Crippen LogP contribution is -2.17. The van der Waals surface area contributed by atoms with E-state index in [0.717, 1.165) is 17.7 Å². The van der Waals surface area contributed by atoms with Gasteiger partial charge in [-0.05, 0) is 36.2 Å². The minimum absolute atomic E-state index is 0.236. The van der Waals surface area contributed by atoms with E-state index in [-0.39, 0.29) is 11.4 Å². The second-order valence-corrected chi connectivity index (χ2v) is 4.50. The number of hydrogen-bond acceptors (Lipinski definition) is 2. The van der Waals surface area contributed by atoms with E-state index in [1.165, 1.54) is 12.1 Å². The van der Waals surface area contributed by atoms with Crippen LogP contribution in [-0.2, 0) is 6.42 Å². The molecule has 0 fully saturated rings. The van der Waals surface area contributed by atoms with Crippen LogP contribution in [-0.4, -0.2) is 17.6 Å². The van der Waals surface area contributed by atoms with Crippen molar-refractivity contribution in [2.45, 2.75) is 6.42 Å². The van der Waals surface area contributed by atoms with Crippen LogP contribution >= 0.6 is 0 Å².